The molecule has 7 heteroatoms. The smallest absolute Gasteiger partial charge is 0.171 e. The highest BCUT2D eigenvalue weighted by molar-refractivity contribution is 6.36. The van der Waals surface area contributed by atoms with Crippen molar-refractivity contribution < 1.29 is 5.21 Å². The van der Waals surface area contributed by atoms with Crippen molar-refractivity contribution in [2.75, 3.05) is 31.1 Å². The maximum Gasteiger partial charge on any atom is 0.171 e. The van der Waals surface area contributed by atoms with Gasteiger partial charge in [0.05, 0.1) is 5.02 Å². The lowest BCUT2D eigenvalue weighted by molar-refractivity contribution is 0.260. The van der Waals surface area contributed by atoms with Gasteiger partial charge in [-0.25, -0.2) is 4.98 Å². The largest absolute Gasteiger partial charge is 0.409 e. The summed E-state index contributed by atoms with van der Waals surface area (Å²) in [5.74, 6) is 0.737. The molecule has 3 rings (SSSR count). The van der Waals surface area contributed by atoms with Crippen LogP contribution in [0.15, 0.2) is 17.4 Å². The number of hydrogen-bond donors (Lipinski definition) is 2. The Bertz CT molecular complexity index is 544. The van der Waals surface area contributed by atoms with Gasteiger partial charge >= 0.3 is 0 Å². The average molecular weight is 310 g/mol. The first-order valence-electron chi connectivity index (χ1n) is 7.32. The second-order valence-electron chi connectivity index (χ2n) is 5.61. The number of anilines is 1. The predicted octanol–water partition coefficient (Wildman–Crippen LogP) is 1.50. The zero-order chi connectivity index (χ0) is 14.8. The Morgan fingerprint density at radius 1 is 1.38 bits per heavy atom. The summed E-state index contributed by atoms with van der Waals surface area (Å²) >= 11 is 6.38. The topological polar surface area (TPSA) is 78.0 Å². The SMILES string of the molecule is N/C(=N/O)c1ccnc(N2CCC(N3CCCC3)C2)c1Cl. The molecule has 2 aliphatic heterocycles. The number of amidine groups is 1. The molecule has 21 heavy (non-hydrogen) atoms. The van der Waals surface area contributed by atoms with Crippen LogP contribution in [-0.4, -0.2) is 53.1 Å². The van der Waals surface area contributed by atoms with Crippen molar-refractivity contribution in [1.82, 2.24) is 9.88 Å². The molecule has 0 amide bonds. The molecule has 2 aliphatic rings. The molecule has 0 spiro atoms. The van der Waals surface area contributed by atoms with Gasteiger partial charge in [-0.3, -0.25) is 4.90 Å². The molecule has 3 heterocycles. The molecular weight excluding hydrogens is 290 g/mol. The van der Waals surface area contributed by atoms with Gasteiger partial charge in [0.15, 0.2) is 5.84 Å². The highest BCUT2D eigenvalue weighted by Gasteiger charge is 2.31. The highest BCUT2D eigenvalue weighted by Crippen LogP contribution is 2.31. The van der Waals surface area contributed by atoms with E-state index in [9.17, 15) is 0 Å². The van der Waals surface area contributed by atoms with Crippen molar-refractivity contribution in [3.63, 3.8) is 0 Å². The van der Waals surface area contributed by atoms with E-state index in [1.807, 2.05) is 0 Å². The summed E-state index contributed by atoms with van der Waals surface area (Å²) in [5.41, 5.74) is 6.17. The first kappa shape index (κ1) is 14.4. The van der Waals surface area contributed by atoms with E-state index >= 15 is 0 Å². The Balaban J connectivity index is 1.78. The van der Waals surface area contributed by atoms with Crippen LogP contribution in [0.2, 0.25) is 5.02 Å². The van der Waals surface area contributed by atoms with Gasteiger partial charge in [0.2, 0.25) is 0 Å². The third kappa shape index (κ3) is 2.78. The van der Waals surface area contributed by atoms with Crippen molar-refractivity contribution in [1.29, 1.82) is 0 Å². The summed E-state index contributed by atoms with van der Waals surface area (Å²) in [6, 6.07) is 2.24. The number of likely N-dealkylation sites (tertiary alicyclic amines) is 1. The van der Waals surface area contributed by atoms with Crippen molar-refractivity contribution in [2.24, 2.45) is 10.9 Å². The quantitative estimate of drug-likeness (QED) is 0.383. The van der Waals surface area contributed by atoms with Gasteiger partial charge in [0, 0.05) is 30.9 Å². The minimum Gasteiger partial charge on any atom is -0.409 e. The third-order valence-corrected chi connectivity index (χ3v) is 4.75. The fraction of sp³-hybridized carbons (Fsp3) is 0.571. The lowest BCUT2D eigenvalue weighted by atomic mass is 10.2. The van der Waals surface area contributed by atoms with Gasteiger partial charge < -0.3 is 15.8 Å². The van der Waals surface area contributed by atoms with Gasteiger partial charge in [-0.2, -0.15) is 0 Å². The lowest BCUT2D eigenvalue weighted by Crippen LogP contribution is -2.35. The molecule has 2 saturated heterocycles. The van der Waals surface area contributed by atoms with Gasteiger partial charge in [-0.1, -0.05) is 16.8 Å². The molecule has 0 saturated carbocycles. The number of oxime groups is 1. The van der Waals surface area contributed by atoms with Gasteiger partial charge in [0.25, 0.3) is 0 Å². The van der Waals surface area contributed by atoms with E-state index in [2.05, 4.69) is 19.9 Å². The molecular formula is C14H20ClN5O. The van der Waals surface area contributed by atoms with Crippen LogP contribution in [0.4, 0.5) is 5.82 Å². The fourth-order valence-corrected chi connectivity index (χ4v) is 3.57. The number of rotatable bonds is 3. The van der Waals surface area contributed by atoms with E-state index < -0.39 is 0 Å². The number of nitrogens with zero attached hydrogens (tertiary/aromatic N) is 4. The summed E-state index contributed by atoms with van der Waals surface area (Å²) in [4.78, 5) is 9.13. The Morgan fingerprint density at radius 3 is 2.86 bits per heavy atom. The molecule has 0 bridgehead atoms. The molecule has 2 fully saturated rings. The van der Waals surface area contributed by atoms with E-state index in [1.54, 1.807) is 12.3 Å². The summed E-state index contributed by atoms with van der Waals surface area (Å²) < 4.78 is 0. The van der Waals surface area contributed by atoms with Gasteiger partial charge in [0.1, 0.15) is 5.82 Å². The predicted molar refractivity (Wildman–Crippen MR) is 83.2 cm³/mol. The standard InChI is InChI=1S/C14H20ClN5O/c15-12-11(13(16)18-21)3-5-17-14(12)20-8-4-10(9-20)19-6-1-2-7-19/h3,5,10,21H,1-2,4,6-9H2,(H2,16,18). The second kappa shape index (κ2) is 6.07. The summed E-state index contributed by atoms with van der Waals surface area (Å²) in [7, 11) is 0. The Labute approximate surface area is 129 Å². The normalized spacial score (nSPS) is 24.0. The molecule has 1 aromatic rings. The van der Waals surface area contributed by atoms with Crippen LogP contribution >= 0.6 is 11.6 Å². The summed E-state index contributed by atoms with van der Waals surface area (Å²) in [6.07, 6.45) is 5.38. The minimum atomic E-state index is 0.0129. The Hall–Kier alpha value is -1.53. The van der Waals surface area contributed by atoms with Crippen LogP contribution in [0.1, 0.15) is 24.8 Å². The zero-order valence-corrected chi connectivity index (χ0v) is 12.6. The van der Waals surface area contributed by atoms with Crippen molar-refractivity contribution in [3.8, 4) is 0 Å². The molecule has 1 atom stereocenters. The molecule has 114 valence electrons. The van der Waals surface area contributed by atoms with Gasteiger partial charge in [-0.05, 0) is 38.4 Å². The lowest BCUT2D eigenvalue weighted by Gasteiger charge is -2.24. The van der Waals surface area contributed by atoms with Crippen LogP contribution < -0.4 is 10.6 Å². The number of halogens is 1. The molecule has 6 nitrogen and oxygen atoms in total. The molecule has 0 aliphatic carbocycles. The first-order valence-corrected chi connectivity index (χ1v) is 7.70. The van der Waals surface area contributed by atoms with Crippen LogP contribution in [0.5, 0.6) is 0 Å². The van der Waals surface area contributed by atoms with Crippen LogP contribution in [0, 0.1) is 0 Å². The summed E-state index contributed by atoms with van der Waals surface area (Å²) in [5, 5.41) is 12.3. The number of hydrogen-bond acceptors (Lipinski definition) is 5. The first-order chi connectivity index (χ1) is 10.2. The van der Waals surface area contributed by atoms with E-state index in [0.717, 1.165) is 25.3 Å². The number of nitrogens with two attached hydrogens (primary N) is 1. The molecule has 1 unspecified atom stereocenters. The second-order valence-corrected chi connectivity index (χ2v) is 5.99. The third-order valence-electron chi connectivity index (χ3n) is 4.37. The Kier molecular flexibility index (Phi) is 4.17. The van der Waals surface area contributed by atoms with E-state index in [-0.39, 0.29) is 5.84 Å². The van der Waals surface area contributed by atoms with E-state index in [4.69, 9.17) is 22.5 Å². The van der Waals surface area contributed by atoms with Crippen LogP contribution in [-0.2, 0) is 0 Å². The maximum atomic E-state index is 8.82. The monoisotopic (exact) mass is 309 g/mol. The van der Waals surface area contributed by atoms with E-state index in [1.165, 1.54) is 25.9 Å². The molecule has 0 aromatic carbocycles. The van der Waals surface area contributed by atoms with Crippen LogP contribution in [0.25, 0.3) is 0 Å². The van der Waals surface area contributed by atoms with Crippen molar-refractivity contribution in [3.05, 3.63) is 22.8 Å². The van der Waals surface area contributed by atoms with Crippen molar-refractivity contribution in [2.45, 2.75) is 25.3 Å². The minimum absolute atomic E-state index is 0.0129. The molecule has 3 N–H and O–H groups in total. The van der Waals surface area contributed by atoms with E-state index in [0.29, 0.717) is 16.6 Å². The Morgan fingerprint density at radius 2 is 2.14 bits per heavy atom. The summed E-state index contributed by atoms with van der Waals surface area (Å²) in [6.45, 7) is 4.27. The highest BCUT2D eigenvalue weighted by atomic mass is 35.5. The fourth-order valence-electron chi connectivity index (χ4n) is 3.24. The number of pyridine rings is 1. The number of aromatic nitrogens is 1. The van der Waals surface area contributed by atoms with Gasteiger partial charge in [-0.15, -0.1) is 0 Å². The van der Waals surface area contributed by atoms with Crippen LogP contribution in [0.3, 0.4) is 0 Å². The average Bonchev–Trinajstić information content (AvgIpc) is 3.17. The van der Waals surface area contributed by atoms with Crippen molar-refractivity contribution >= 4 is 23.3 Å². The molecule has 1 aromatic heterocycles. The maximum absolute atomic E-state index is 8.82. The molecule has 0 radical (unpaired) electrons. The zero-order valence-electron chi connectivity index (χ0n) is 11.9.